The van der Waals surface area contributed by atoms with Crippen molar-refractivity contribution in [3.05, 3.63) is 28.2 Å². The van der Waals surface area contributed by atoms with Crippen molar-refractivity contribution in [3.8, 4) is 5.75 Å². The molecule has 0 aromatic heterocycles. The molecule has 2 rings (SSSR count). The number of hydrogen-bond donors (Lipinski definition) is 1. The van der Waals surface area contributed by atoms with E-state index >= 15 is 0 Å². The van der Waals surface area contributed by atoms with Gasteiger partial charge in [-0.1, -0.05) is 6.07 Å². The lowest BCUT2D eigenvalue weighted by Crippen LogP contribution is -2.29. The van der Waals surface area contributed by atoms with Crippen LogP contribution in [0.4, 0.5) is 13.2 Å². The molecule has 0 amide bonds. The van der Waals surface area contributed by atoms with Crippen molar-refractivity contribution in [3.63, 3.8) is 0 Å². The van der Waals surface area contributed by atoms with E-state index in [1.165, 1.54) is 18.9 Å². The SMILES string of the molecule is FC(F)(F)Oc1ccc(CNCCN2CCCC2)cc1Br. The number of halogens is 4. The molecule has 0 saturated carbocycles. The van der Waals surface area contributed by atoms with Gasteiger partial charge in [0.05, 0.1) is 4.47 Å². The molecule has 7 heteroatoms. The molecule has 21 heavy (non-hydrogen) atoms. The van der Waals surface area contributed by atoms with E-state index in [9.17, 15) is 13.2 Å². The maximum atomic E-state index is 12.2. The zero-order valence-electron chi connectivity index (χ0n) is 11.5. The normalized spacial score (nSPS) is 16.4. The molecule has 1 N–H and O–H groups in total. The third-order valence-corrected chi connectivity index (χ3v) is 3.97. The number of nitrogens with zero attached hydrogens (tertiary/aromatic N) is 1. The molecule has 0 radical (unpaired) electrons. The lowest BCUT2D eigenvalue weighted by molar-refractivity contribution is -0.274. The molecule has 0 aliphatic carbocycles. The Morgan fingerprint density at radius 3 is 2.57 bits per heavy atom. The van der Waals surface area contributed by atoms with Gasteiger partial charge in [0.25, 0.3) is 0 Å². The fourth-order valence-corrected chi connectivity index (χ4v) is 2.85. The summed E-state index contributed by atoms with van der Waals surface area (Å²) in [6.45, 7) is 4.83. The highest BCUT2D eigenvalue weighted by Gasteiger charge is 2.31. The van der Waals surface area contributed by atoms with Crippen molar-refractivity contribution in [2.75, 3.05) is 26.2 Å². The lowest BCUT2D eigenvalue weighted by atomic mass is 10.2. The molecule has 1 aromatic rings. The first kappa shape index (κ1) is 16.6. The van der Waals surface area contributed by atoms with E-state index in [-0.39, 0.29) is 5.75 Å². The second-order valence-corrected chi connectivity index (χ2v) is 5.89. The van der Waals surface area contributed by atoms with E-state index in [1.807, 2.05) is 0 Å². The molecule has 1 heterocycles. The monoisotopic (exact) mass is 366 g/mol. The highest BCUT2D eigenvalue weighted by molar-refractivity contribution is 9.10. The highest BCUT2D eigenvalue weighted by atomic mass is 79.9. The van der Waals surface area contributed by atoms with Crippen molar-refractivity contribution < 1.29 is 17.9 Å². The molecule has 1 aromatic carbocycles. The third-order valence-electron chi connectivity index (χ3n) is 3.35. The quantitative estimate of drug-likeness (QED) is 0.779. The van der Waals surface area contributed by atoms with Crippen LogP contribution in [0.5, 0.6) is 5.75 Å². The number of likely N-dealkylation sites (tertiary alicyclic amines) is 1. The Morgan fingerprint density at radius 1 is 1.24 bits per heavy atom. The lowest BCUT2D eigenvalue weighted by Gasteiger charge is -2.15. The largest absolute Gasteiger partial charge is 0.573 e. The Morgan fingerprint density at radius 2 is 1.95 bits per heavy atom. The van der Waals surface area contributed by atoms with Crippen LogP contribution < -0.4 is 10.1 Å². The molecule has 0 unspecified atom stereocenters. The average molecular weight is 367 g/mol. The first-order valence-corrected chi connectivity index (χ1v) is 7.70. The van der Waals surface area contributed by atoms with E-state index in [0.717, 1.165) is 31.7 Å². The molecular weight excluding hydrogens is 349 g/mol. The summed E-state index contributed by atoms with van der Waals surface area (Å²) in [5.41, 5.74) is 0.915. The van der Waals surface area contributed by atoms with Gasteiger partial charge in [0.1, 0.15) is 5.75 Å². The highest BCUT2D eigenvalue weighted by Crippen LogP contribution is 2.30. The number of benzene rings is 1. The van der Waals surface area contributed by atoms with Crippen LogP contribution in [0.2, 0.25) is 0 Å². The average Bonchev–Trinajstić information content (AvgIpc) is 2.89. The van der Waals surface area contributed by atoms with Gasteiger partial charge in [-0.15, -0.1) is 13.2 Å². The van der Waals surface area contributed by atoms with Crippen LogP contribution in [0.15, 0.2) is 22.7 Å². The second-order valence-electron chi connectivity index (χ2n) is 5.04. The van der Waals surface area contributed by atoms with Gasteiger partial charge in [-0.05, 0) is 59.6 Å². The Balaban J connectivity index is 1.77. The van der Waals surface area contributed by atoms with Gasteiger partial charge in [0.15, 0.2) is 0 Å². The Hall–Kier alpha value is -0.790. The maximum absolute atomic E-state index is 12.2. The smallest absolute Gasteiger partial charge is 0.405 e. The van der Waals surface area contributed by atoms with Crippen LogP contribution in [0.25, 0.3) is 0 Å². The van der Waals surface area contributed by atoms with E-state index in [0.29, 0.717) is 11.0 Å². The van der Waals surface area contributed by atoms with Gasteiger partial charge in [0, 0.05) is 19.6 Å². The Labute approximate surface area is 130 Å². The van der Waals surface area contributed by atoms with Crippen molar-refractivity contribution in [1.29, 1.82) is 0 Å². The minimum Gasteiger partial charge on any atom is -0.405 e. The minimum atomic E-state index is -4.67. The number of alkyl halides is 3. The van der Waals surface area contributed by atoms with Crippen LogP contribution in [-0.2, 0) is 6.54 Å². The molecule has 0 spiro atoms. The van der Waals surface area contributed by atoms with Crippen molar-refractivity contribution in [1.82, 2.24) is 10.2 Å². The molecule has 1 saturated heterocycles. The van der Waals surface area contributed by atoms with E-state index in [1.54, 1.807) is 12.1 Å². The van der Waals surface area contributed by atoms with Crippen LogP contribution in [-0.4, -0.2) is 37.4 Å². The summed E-state index contributed by atoms with van der Waals surface area (Å²) in [4.78, 5) is 2.41. The van der Waals surface area contributed by atoms with Crippen molar-refractivity contribution in [2.24, 2.45) is 0 Å². The topological polar surface area (TPSA) is 24.5 Å². The molecular formula is C14H18BrF3N2O. The molecule has 3 nitrogen and oxygen atoms in total. The maximum Gasteiger partial charge on any atom is 0.573 e. The van der Waals surface area contributed by atoms with Gasteiger partial charge >= 0.3 is 6.36 Å². The van der Waals surface area contributed by atoms with Crippen LogP contribution >= 0.6 is 15.9 Å². The van der Waals surface area contributed by atoms with Crippen molar-refractivity contribution in [2.45, 2.75) is 25.7 Å². The second kappa shape index (κ2) is 7.47. The third kappa shape index (κ3) is 5.84. The molecule has 1 aliphatic rings. The summed E-state index contributed by atoms with van der Waals surface area (Å²) >= 11 is 3.10. The van der Waals surface area contributed by atoms with Crippen LogP contribution in [0.3, 0.4) is 0 Å². The fourth-order valence-electron chi connectivity index (χ4n) is 2.34. The summed E-state index contributed by atoms with van der Waals surface area (Å²) in [5.74, 6) is -0.219. The van der Waals surface area contributed by atoms with Crippen molar-refractivity contribution >= 4 is 15.9 Å². The Bertz CT molecular complexity index is 462. The van der Waals surface area contributed by atoms with E-state index in [4.69, 9.17) is 0 Å². The van der Waals surface area contributed by atoms with Gasteiger partial charge in [0.2, 0.25) is 0 Å². The summed E-state index contributed by atoms with van der Waals surface area (Å²) in [5, 5.41) is 3.30. The summed E-state index contributed by atoms with van der Waals surface area (Å²) in [7, 11) is 0. The molecule has 1 fully saturated rings. The first-order chi connectivity index (χ1) is 9.94. The summed E-state index contributed by atoms with van der Waals surface area (Å²) in [6, 6.07) is 4.60. The predicted octanol–water partition coefficient (Wildman–Crippen LogP) is 3.53. The molecule has 118 valence electrons. The van der Waals surface area contributed by atoms with Crippen LogP contribution in [0, 0.1) is 0 Å². The predicted molar refractivity (Wildman–Crippen MR) is 78.2 cm³/mol. The van der Waals surface area contributed by atoms with Gasteiger partial charge in [-0.3, -0.25) is 0 Å². The van der Waals surface area contributed by atoms with E-state index < -0.39 is 6.36 Å². The molecule has 1 aliphatic heterocycles. The van der Waals surface area contributed by atoms with Gasteiger partial charge in [-0.2, -0.15) is 0 Å². The standard InChI is InChI=1S/C14H18BrF3N2O/c15-12-9-11(3-4-13(12)21-14(16,17)18)10-19-5-8-20-6-1-2-7-20/h3-4,9,19H,1-2,5-8,10H2. The van der Waals surface area contributed by atoms with E-state index in [2.05, 4.69) is 30.9 Å². The molecule has 0 atom stereocenters. The zero-order valence-corrected chi connectivity index (χ0v) is 13.1. The molecule has 0 bridgehead atoms. The van der Waals surface area contributed by atoms with Crippen LogP contribution in [0.1, 0.15) is 18.4 Å². The summed E-state index contributed by atoms with van der Waals surface area (Å²) < 4.78 is 40.7. The zero-order chi connectivity index (χ0) is 15.3. The van der Waals surface area contributed by atoms with Gasteiger partial charge in [-0.25, -0.2) is 0 Å². The first-order valence-electron chi connectivity index (χ1n) is 6.91. The minimum absolute atomic E-state index is 0.219. The Kier molecular flexibility index (Phi) is 5.89. The van der Waals surface area contributed by atoms with Gasteiger partial charge < -0.3 is 15.0 Å². The number of nitrogens with one attached hydrogen (secondary N) is 1. The number of hydrogen-bond acceptors (Lipinski definition) is 3. The number of rotatable bonds is 6. The fraction of sp³-hybridized carbons (Fsp3) is 0.571. The number of ether oxygens (including phenoxy) is 1. The summed E-state index contributed by atoms with van der Waals surface area (Å²) in [6.07, 6.45) is -2.13.